The minimum absolute atomic E-state index is 0.269. The van der Waals surface area contributed by atoms with Gasteiger partial charge in [0.25, 0.3) is 0 Å². The van der Waals surface area contributed by atoms with Gasteiger partial charge in [0.1, 0.15) is 11.3 Å². The van der Waals surface area contributed by atoms with Gasteiger partial charge in [0.05, 0.1) is 20.4 Å². The molecule has 106 valence electrons. The lowest BCUT2D eigenvalue weighted by Crippen LogP contribution is -2.48. The van der Waals surface area contributed by atoms with Crippen molar-refractivity contribution in [1.82, 2.24) is 9.97 Å². The maximum atomic E-state index is 11.1. The molecule has 19 heavy (non-hydrogen) atoms. The van der Waals surface area contributed by atoms with E-state index in [4.69, 9.17) is 9.47 Å². The average Bonchev–Trinajstić information content (AvgIpc) is 2.41. The molecule has 1 aliphatic heterocycles. The molecule has 1 saturated heterocycles. The summed E-state index contributed by atoms with van der Waals surface area (Å²) in [6, 6.07) is 0. The molecular weight excluding hydrogens is 264 g/mol. The SMILES string of the molecule is COc1cnc(C2(O)CSCCC2(C)C)c(OC)n1. The number of hydrogen-bond donors (Lipinski definition) is 1. The summed E-state index contributed by atoms with van der Waals surface area (Å²) in [5, 5.41) is 11.1. The molecule has 1 aromatic rings. The smallest absolute Gasteiger partial charge is 0.241 e. The van der Waals surface area contributed by atoms with Gasteiger partial charge in [0, 0.05) is 11.2 Å². The summed E-state index contributed by atoms with van der Waals surface area (Å²) in [6.07, 6.45) is 2.44. The Balaban J connectivity index is 2.50. The lowest BCUT2D eigenvalue weighted by Gasteiger charge is -2.45. The lowest BCUT2D eigenvalue weighted by molar-refractivity contribution is -0.0633. The van der Waals surface area contributed by atoms with Gasteiger partial charge in [-0.2, -0.15) is 16.7 Å². The van der Waals surface area contributed by atoms with Crippen molar-refractivity contribution < 1.29 is 14.6 Å². The van der Waals surface area contributed by atoms with Crippen LogP contribution in [0.3, 0.4) is 0 Å². The first-order chi connectivity index (χ1) is 8.94. The molecule has 6 heteroatoms. The second-order valence-electron chi connectivity index (χ2n) is 5.32. The largest absolute Gasteiger partial charge is 0.480 e. The number of hydrogen-bond acceptors (Lipinski definition) is 6. The zero-order valence-corrected chi connectivity index (χ0v) is 12.6. The third kappa shape index (κ3) is 2.39. The fraction of sp³-hybridized carbons (Fsp3) is 0.692. The van der Waals surface area contributed by atoms with Crippen LogP contribution < -0.4 is 9.47 Å². The Morgan fingerprint density at radius 2 is 2.05 bits per heavy atom. The molecular formula is C13H20N2O3S. The monoisotopic (exact) mass is 284 g/mol. The number of ether oxygens (including phenoxy) is 2. The third-order valence-electron chi connectivity index (χ3n) is 3.81. The fourth-order valence-electron chi connectivity index (χ4n) is 2.22. The normalized spacial score (nSPS) is 25.9. The number of aromatic nitrogens is 2. The van der Waals surface area contributed by atoms with Crippen molar-refractivity contribution in [3.8, 4) is 11.8 Å². The molecule has 0 aromatic carbocycles. The summed E-state index contributed by atoms with van der Waals surface area (Å²) in [5.74, 6) is 2.35. The lowest BCUT2D eigenvalue weighted by atomic mass is 9.71. The van der Waals surface area contributed by atoms with E-state index < -0.39 is 5.60 Å². The van der Waals surface area contributed by atoms with Gasteiger partial charge < -0.3 is 14.6 Å². The van der Waals surface area contributed by atoms with Gasteiger partial charge >= 0.3 is 0 Å². The standard InChI is InChI=1S/C13H20N2O3S/c1-12(2)5-6-19-8-13(12,16)10-11(18-4)15-9(17-3)7-14-10/h7,16H,5-6,8H2,1-4H3. The second-order valence-corrected chi connectivity index (χ2v) is 6.42. The van der Waals surface area contributed by atoms with Gasteiger partial charge in [-0.05, 0) is 12.2 Å². The second kappa shape index (κ2) is 5.17. The first-order valence-corrected chi connectivity index (χ1v) is 7.36. The van der Waals surface area contributed by atoms with Gasteiger partial charge in [-0.1, -0.05) is 13.8 Å². The van der Waals surface area contributed by atoms with E-state index in [-0.39, 0.29) is 5.41 Å². The molecule has 2 rings (SSSR count). The van der Waals surface area contributed by atoms with Crippen LogP contribution >= 0.6 is 11.8 Å². The van der Waals surface area contributed by atoms with Crippen LogP contribution in [0.4, 0.5) is 0 Å². The van der Waals surface area contributed by atoms with Crippen LogP contribution in [0.5, 0.6) is 11.8 Å². The molecule has 2 heterocycles. The number of methoxy groups -OCH3 is 2. The zero-order valence-electron chi connectivity index (χ0n) is 11.8. The van der Waals surface area contributed by atoms with Gasteiger partial charge in [0.15, 0.2) is 0 Å². The highest BCUT2D eigenvalue weighted by atomic mass is 32.2. The van der Waals surface area contributed by atoms with Gasteiger partial charge in [-0.3, -0.25) is 0 Å². The minimum Gasteiger partial charge on any atom is -0.480 e. The molecule has 0 amide bonds. The number of rotatable bonds is 3. The van der Waals surface area contributed by atoms with E-state index in [0.29, 0.717) is 23.2 Å². The van der Waals surface area contributed by atoms with Crippen molar-refractivity contribution in [2.45, 2.75) is 25.9 Å². The fourth-order valence-corrected chi connectivity index (χ4v) is 3.84. The van der Waals surface area contributed by atoms with E-state index >= 15 is 0 Å². The molecule has 0 saturated carbocycles. The number of nitrogens with zero attached hydrogens (tertiary/aromatic N) is 2. The quantitative estimate of drug-likeness (QED) is 0.914. The summed E-state index contributed by atoms with van der Waals surface area (Å²) in [4.78, 5) is 8.55. The molecule has 0 radical (unpaired) electrons. The molecule has 0 bridgehead atoms. The minimum atomic E-state index is -1.04. The van der Waals surface area contributed by atoms with Gasteiger partial charge in [0.2, 0.25) is 11.8 Å². The molecule has 1 fully saturated rings. The number of aliphatic hydroxyl groups is 1. The Labute approximate surface area is 117 Å². The van der Waals surface area contributed by atoms with Crippen LogP contribution in [-0.2, 0) is 5.60 Å². The Hall–Kier alpha value is -1.01. The van der Waals surface area contributed by atoms with Crippen LogP contribution in [0.25, 0.3) is 0 Å². The van der Waals surface area contributed by atoms with E-state index in [9.17, 15) is 5.11 Å². The van der Waals surface area contributed by atoms with Crippen LogP contribution in [0, 0.1) is 5.41 Å². The van der Waals surface area contributed by atoms with Crippen molar-refractivity contribution in [2.75, 3.05) is 25.7 Å². The first kappa shape index (κ1) is 14.4. The van der Waals surface area contributed by atoms with Crippen molar-refractivity contribution >= 4 is 11.8 Å². The van der Waals surface area contributed by atoms with E-state index in [1.165, 1.54) is 20.4 Å². The first-order valence-electron chi connectivity index (χ1n) is 6.20. The van der Waals surface area contributed by atoms with Crippen LogP contribution in [0.1, 0.15) is 26.0 Å². The highest BCUT2D eigenvalue weighted by molar-refractivity contribution is 7.99. The van der Waals surface area contributed by atoms with Crippen LogP contribution in [0.2, 0.25) is 0 Å². The average molecular weight is 284 g/mol. The maximum Gasteiger partial charge on any atom is 0.241 e. The molecule has 1 unspecified atom stereocenters. The molecule has 1 atom stereocenters. The third-order valence-corrected chi connectivity index (χ3v) is 4.93. The predicted molar refractivity (Wildman–Crippen MR) is 74.8 cm³/mol. The summed E-state index contributed by atoms with van der Waals surface area (Å²) in [6.45, 7) is 4.11. The molecule has 0 aliphatic carbocycles. The zero-order chi connectivity index (χ0) is 14.1. The topological polar surface area (TPSA) is 64.5 Å². The Kier molecular flexibility index (Phi) is 3.92. The summed E-state index contributed by atoms with van der Waals surface area (Å²) < 4.78 is 10.3. The van der Waals surface area contributed by atoms with Gasteiger partial charge in [-0.25, -0.2) is 4.98 Å². The highest BCUT2D eigenvalue weighted by Crippen LogP contribution is 2.49. The van der Waals surface area contributed by atoms with E-state index in [1.807, 2.05) is 0 Å². The van der Waals surface area contributed by atoms with Crippen molar-refractivity contribution in [3.05, 3.63) is 11.9 Å². The van der Waals surface area contributed by atoms with Gasteiger partial charge in [-0.15, -0.1) is 0 Å². The summed E-state index contributed by atoms with van der Waals surface area (Å²) >= 11 is 1.72. The molecule has 0 spiro atoms. The summed E-state index contributed by atoms with van der Waals surface area (Å²) in [5.41, 5.74) is -0.817. The van der Waals surface area contributed by atoms with E-state index in [2.05, 4.69) is 23.8 Å². The van der Waals surface area contributed by atoms with Crippen molar-refractivity contribution in [3.63, 3.8) is 0 Å². The Morgan fingerprint density at radius 3 is 2.63 bits per heavy atom. The van der Waals surface area contributed by atoms with Crippen LogP contribution in [0.15, 0.2) is 6.20 Å². The van der Waals surface area contributed by atoms with Crippen LogP contribution in [-0.4, -0.2) is 40.8 Å². The van der Waals surface area contributed by atoms with E-state index in [0.717, 1.165) is 12.2 Å². The number of thioether (sulfide) groups is 1. The Morgan fingerprint density at radius 1 is 1.32 bits per heavy atom. The maximum absolute atomic E-state index is 11.1. The molecule has 1 aliphatic rings. The highest BCUT2D eigenvalue weighted by Gasteiger charge is 2.50. The summed E-state index contributed by atoms with van der Waals surface area (Å²) in [7, 11) is 3.05. The van der Waals surface area contributed by atoms with Crippen molar-refractivity contribution in [2.24, 2.45) is 5.41 Å². The van der Waals surface area contributed by atoms with E-state index in [1.54, 1.807) is 11.8 Å². The van der Waals surface area contributed by atoms with Crippen molar-refractivity contribution in [1.29, 1.82) is 0 Å². The Bertz CT molecular complexity index is 467. The molecule has 1 aromatic heterocycles. The molecule has 1 N–H and O–H groups in total. The predicted octanol–water partition coefficient (Wildman–Crippen LogP) is 1.84. The molecule has 5 nitrogen and oxygen atoms in total.